The first-order valence-corrected chi connectivity index (χ1v) is 7.06. The second kappa shape index (κ2) is 5.56. The van der Waals surface area contributed by atoms with Gasteiger partial charge in [-0.15, -0.1) is 10.2 Å². The summed E-state index contributed by atoms with van der Waals surface area (Å²) in [6.07, 6.45) is 0. The van der Waals surface area contributed by atoms with Crippen LogP contribution in [0.5, 0.6) is 5.75 Å². The molecule has 0 N–H and O–H groups in total. The van der Waals surface area contributed by atoms with Crippen LogP contribution in [0, 0.1) is 0 Å². The van der Waals surface area contributed by atoms with Crippen LogP contribution >= 0.6 is 11.3 Å². The van der Waals surface area contributed by atoms with Crippen molar-refractivity contribution >= 4 is 16.3 Å². The molecule has 0 radical (unpaired) electrons. The van der Waals surface area contributed by atoms with Crippen LogP contribution in [0.25, 0.3) is 16.3 Å². The van der Waals surface area contributed by atoms with Crippen molar-refractivity contribution in [2.24, 2.45) is 0 Å². The first kappa shape index (κ1) is 13.0. The highest BCUT2D eigenvalue weighted by Gasteiger charge is 2.13. The third-order valence-electron chi connectivity index (χ3n) is 2.81. The number of aromatic nitrogens is 4. The molecule has 0 saturated carbocycles. The summed E-state index contributed by atoms with van der Waals surface area (Å²) in [6, 6.07) is 7.67. The Morgan fingerprint density at radius 3 is 2.70 bits per heavy atom. The second-order valence-electron chi connectivity index (χ2n) is 4.08. The summed E-state index contributed by atoms with van der Waals surface area (Å²) in [5.74, 6) is 1.53. The normalized spacial score (nSPS) is 11.1. The Morgan fingerprint density at radius 1 is 1.20 bits per heavy atom. The molecule has 2 heterocycles. The van der Waals surface area contributed by atoms with Gasteiger partial charge < -0.3 is 9.47 Å². The third kappa shape index (κ3) is 2.37. The van der Waals surface area contributed by atoms with Gasteiger partial charge in [-0.3, -0.25) is 0 Å². The fourth-order valence-corrected chi connectivity index (χ4v) is 2.60. The van der Waals surface area contributed by atoms with Crippen molar-refractivity contribution in [2.75, 3.05) is 13.7 Å². The van der Waals surface area contributed by atoms with Gasteiger partial charge in [-0.2, -0.15) is 9.61 Å². The van der Waals surface area contributed by atoms with Gasteiger partial charge in [-0.05, 0) is 31.2 Å². The van der Waals surface area contributed by atoms with Crippen LogP contribution in [0.15, 0.2) is 24.3 Å². The lowest BCUT2D eigenvalue weighted by Gasteiger charge is -2.00. The van der Waals surface area contributed by atoms with E-state index in [9.17, 15) is 0 Å². The van der Waals surface area contributed by atoms with Crippen molar-refractivity contribution in [3.8, 4) is 17.1 Å². The van der Waals surface area contributed by atoms with Gasteiger partial charge in [0.1, 0.15) is 17.4 Å². The number of rotatable bonds is 5. The monoisotopic (exact) mass is 290 g/mol. The topological polar surface area (TPSA) is 61.5 Å². The maximum atomic E-state index is 5.36. The number of fused-ring (bicyclic) bond motifs is 1. The van der Waals surface area contributed by atoms with E-state index in [2.05, 4.69) is 15.3 Å². The fraction of sp³-hybridized carbons (Fsp3) is 0.308. The van der Waals surface area contributed by atoms with E-state index in [-0.39, 0.29) is 0 Å². The molecule has 104 valence electrons. The lowest BCUT2D eigenvalue weighted by atomic mass is 10.2. The van der Waals surface area contributed by atoms with Crippen molar-refractivity contribution < 1.29 is 9.47 Å². The number of ether oxygens (including phenoxy) is 2. The molecule has 1 aromatic carbocycles. The van der Waals surface area contributed by atoms with E-state index in [0.717, 1.165) is 27.1 Å². The van der Waals surface area contributed by atoms with Crippen molar-refractivity contribution in [2.45, 2.75) is 13.5 Å². The molecule has 0 aliphatic heterocycles. The van der Waals surface area contributed by atoms with E-state index in [0.29, 0.717) is 13.2 Å². The Labute approximate surface area is 120 Å². The Kier molecular flexibility index (Phi) is 3.62. The summed E-state index contributed by atoms with van der Waals surface area (Å²) < 4.78 is 12.3. The van der Waals surface area contributed by atoms with Crippen molar-refractivity contribution in [3.05, 3.63) is 29.3 Å². The molecule has 0 fully saturated rings. The summed E-state index contributed by atoms with van der Waals surface area (Å²) in [5, 5.41) is 13.7. The quantitative estimate of drug-likeness (QED) is 0.722. The van der Waals surface area contributed by atoms with Crippen LogP contribution < -0.4 is 4.74 Å². The van der Waals surface area contributed by atoms with Gasteiger partial charge in [0.05, 0.1) is 7.11 Å². The number of methoxy groups -OCH3 is 1. The van der Waals surface area contributed by atoms with Crippen LogP contribution in [-0.2, 0) is 11.3 Å². The molecule has 0 aliphatic carbocycles. The Morgan fingerprint density at radius 2 is 2.00 bits per heavy atom. The number of benzene rings is 1. The summed E-state index contributed by atoms with van der Waals surface area (Å²) in [6.45, 7) is 3.14. The fourth-order valence-electron chi connectivity index (χ4n) is 1.82. The Balaban J connectivity index is 1.95. The van der Waals surface area contributed by atoms with Crippen molar-refractivity contribution in [3.63, 3.8) is 0 Å². The van der Waals surface area contributed by atoms with Crippen LogP contribution in [0.1, 0.15) is 11.9 Å². The number of hydrogen-bond acceptors (Lipinski definition) is 6. The van der Waals surface area contributed by atoms with Gasteiger partial charge in [-0.25, -0.2) is 0 Å². The van der Waals surface area contributed by atoms with Gasteiger partial charge >= 0.3 is 0 Å². The van der Waals surface area contributed by atoms with Crippen LogP contribution in [0.4, 0.5) is 0 Å². The zero-order valence-corrected chi connectivity index (χ0v) is 12.1. The zero-order chi connectivity index (χ0) is 13.9. The van der Waals surface area contributed by atoms with Gasteiger partial charge in [0, 0.05) is 12.2 Å². The first-order chi connectivity index (χ1) is 9.81. The Hall–Kier alpha value is -1.99. The molecule has 0 aliphatic rings. The van der Waals surface area contributed by atoms with Gasteiger partial charge in [0.25, 0.3) is 0 Å². The van der Waals surface area contributed by atoms with Gasteiger partial charge in [0.15, 0.2) is 5.82 Å². The maximum absolute atomic E-state index is 5.36. The molecule has 7 heteroatoms. The van der Waals surface area contributed by atoms with Crippen LogP contribution in [0.2, 0.25) is 0 Å². The molecule has 0 atom stereocenters. The number of nitrogens with zero attached hydrogens (tertiary/aromatic N) is 4. The third-order valence-corrected chi connectivity index (χ3v) is 3.68. The standard InChI is InChI=1S/C13H14N4O2S/c1-3-19-8-11-16-17-12(14-15-13(17)20-11)9-4-6-10(18-2)7-5-9/h4-7H,3,8H2,1-2H3. The number of hydrogen-bond donors (Lipinski definition) is 0. The maximum Gasteiger partial charge on any atom is 0.235 e. The molecule has 0 bridgehead atoms. The molecule has 3 rings (SSSR count). The highest BCUT2D eigenvalue weighted by Crippen LogP contribution is 2.23. The minimum atomic E-state index is 0.507. The zero-order valence-electron chi connectivity index (χ0n) is 11.2. The molecule has 20 heavy (non-hydrogen) atoms. The van der Waals surface area contributed by atoms with Gasteiger partial charge in [-0.1, -0.05) is 11.3 Å². The Bertz CT molecular complexity index is 705. The van der Waals surface area contributed by atoms with E-state index in [4.69, 9.17) is 9.47 Å². The van der Waals surface area contributed by atoms with Crippen LogP contribution in [-0.4, -0.2) is 33.5 Å². The van der Waals surface area contributed by atoms with Gasteiger partial charge in [0.2, 0.25) is 4.96 Å². The summed E-state index contributed by atoms with van der Waals surface area (Å²) in [7, 11) is 1.64. The predicted octanol–water partition coefficient (Wildman–Crippen LogP) is 2.40. The van der Waals surface area contributed by atoms with E-state index in [1.165, 1.54) is 11.3 Å². The van der Waals surface area contributed by atoms with E-state index in [1.807, 2.05) is 31.2 Å². The van der Waals surface area contributed by atoms with Crippen molar-refractivity contribution in [1.29, 1.82) is 0 Å². The lowest BCUT2D eigenvalue weighted by molar-refractivity contribution is 0.133. The lowest BCUT2D eigenvalue weighted by Crippen LogP contribution is -1.95. The largest absolute Gasteiger partial charge is 0.497 e. The van der Waals surface area contributed by atoms with Crippen molar-refractivity contribution in [1.82, 2.24) is 19.8 Å². The van der Waals surface area contributed by atoms with E-state index < -0.39 is 0 Å². The average Bonchev–Trinajstić information content (AvgIpc) is 3.05. The molecule has 0 spiro atoms. The summed E-state index contributed by atoms with van der Waals surface area (Å²) in [4.78, 5) is 0.769. The molecule has 2 aromatic heterocycles. The molecular formula is C13H14N4O2S. The molecule has 3 aromatic rings. The summed E-state index contributed by atoms with van der Waals surface area (Å²) in [5.41, 5.74) is 0.951. The van der Waals surface area contributed by atoms with Crippen LogP contribution in [0.3, 0.4) is 0 Å². The molecule has 6 nitrogen and oxygen atoms in total. The molecule has 0 saturated heterocycles. The highest BCUT2D eigenvalue weighted by atomic mass is 32.1. The van der Waals surface area contributed by atoms with E-state index in [1.54, 1.807) is 11.6 Å². The van der Waals surface area contributed by atoms with E-state index >= 15 is 0 Å². The molecular weight excluding hydrogens is 276 g/mol. The minimum absolute atomic E-state index is 0.507. The smallest absolute Gasteiger partial charge is 0.235 e. The summed E-state index contributed by atoms with van der Waals surface area (Å²) >= 11 is 1.49. The highest BCUT2D eigenvalue weighted by molar-refractivity contribution is 7.16. The molecule has 0 unspecified atom stereocenters. The SMILES string of the molecule is CCOCc1nn2c(-c3ccc(OC)cc3)nnc2s1. The second-order valence-corrected chi connectivity index (χ2v) is 5.12. The predicted molar refractivity (Wildman–Crippen MR) is 76.0 cm³/mol. The molecule has 0 amide bonds. The first-order valence-electron chi connectivity index (χ1n) is 6.25. The minimum Gasteiger partial charge on any atom is -0.497 e. The average molecular weight is 290 g/mol.